The minimum absolute atomic E-state index is 0.261. The van der Waals surface area contributed by atoms with Crippen LogP contribution in [0.3, 0.4) is 0 Å². The second-order valence-electron chi connectivity index (χ2n) is 7.74. The fourth-order valence-electron chi connectivity index (χ4n) is 2.48. The standard InChI is InChI=1S/C22H32NO3P/c1-17(2)15-25-27(24,26-16-18(3)4)22(20-13-11-19(5)12-14-20)23-21-9-7-6-8-10-21/h6-14,17-18,22-23H,15-16H2,1-5H3/t22-/m1/s1. The second kappa shape index (κ2) is 10.1. The Balaban J connectivity index is 2.40. The first-order chi connectivity index (χ1) is 12.8. The van der Waals surface area contributed by atoms with Gasteiger partial charge in [-0.25, -0.2) is 0 Å². The minimum atomic E-state index is -3.45. The summed E-state index contributed by atoms with van der Waals surface area (Å²) in [4.78, 5) is 0. The van der Waals surface area contributed by atoms with Crippen molar-refractivity contribution in [2.75, 3.05) is 18.5 Å². The molecule has 2 aromatic carbocycles. The third-order valence-corrected chi connectivity index (χ3v) is 6.04. The highest BCUT2D eigenvalue weighted by molar-refractivity contribution is 7.54. The molecule has 0 aliphatic carbocycles. The molecule has 27 heavy (non-hydrogen) atoms. The fraction of sp³-hybridized carbons (Fsp3) is 0.455. The Morgan fingerprint density at radius 3 is 1.85 bits per heavy atom. The molecular weight excluding hydrogens is 357 g/mol. The van der Waals surface area contributed by atoms with Gasteiger partial charge in [-0.15, -0.1) is 0 Å². The number of benzene rings is 2. The Hall–Kier alpha value is -1.61. The normalized spacial score (nSPS) is 13.1. The van der Waals surface area contributed by atoms with Crippen molar-refractivity contribution in [3.8, 4) is 0 Å². The average molecular weight is 389 g/mol. The van der Waals surface area contributed by atoms with Crippen LogP contribution in [-0.4, -0.2) is 13.2 Å². The predicted octanol–water partition coefficient (Wildman–Crippen LogP) is 6.64. The van der Waals surface area contributed by atoms with Crippen molar-refractivity contribution in [3.05, 3.63) is 65.7 Å². The van der Waals surface area contributed by atoms with Crippen LogP contribution < -0.4 is 5.32 Å². The number of rotatable bonds is 10. The van der Waals surface area contributed by atoms with E-state index in [-0.39, 0.29) is 11.8 Å². The van der Waals surface area contributed by atoms with E-state index in [0.717, 1.165) is 16.8 Å². The lowest BCUT2D eigenvalue weighted by Gasteiger charge is -2.30. The van der Waals surface area contributed by atoms with Crippen molar-refractivity contribution >= 4 is 13.3 Å². The number of anilines is 1. The van der Waals surface area contributed by atoms with Gasteiger partial charge in [0, 0.05) is 5.69 Å². The van der Waals surface area contributed by atoms with Crippen LogP contribution in [0.5, 0.6) is 0 Å². The maximum Gasteiger partial charge on any atom is 0.357 e. The maximum atomic E-state index is 13.9. The van der Waals surface area contributed by atoms with Crippen molar-refractivity contribution in [1.29, 1.82) is 0 Å². The Kier molecular flexibility index (Phi) is 8.09. The summed E-state index contributed by atoms with van der Waals surface area (Å²) >= 11 is 0. The highest BCUT2D eigenvalue weighted by Gasteiger charge is 2.38. The van der Waals surface area contributed by atoms with Crippen molar-refractivity contribution in [3.63, 3.8) is 0 Å². The third-order valence-electron chi connectivity index (χ3n) is 3.96. The lowest BCUT2D eigenvalue weighted by molar-refractivity contribution is 0.168. The van der Waals surface area contributed by atoms with E-state index in [0.29, 0.717) is 13.2 Å². The summed E-state index contributed by atoms with van der Waals surface area (Å²) in [7, 11) is -3.45. The van der Waals surface area contributed by atoms with E-state index in [4.69, 9.17) is 9.05 Å². The molecule has 0 spiro atoms. The quantitative estimate of drug-likeness (QED) is 0.463. The topological polar surface area (TPSA) is 47.6 Å². The van der Waals surface area contributed by atoms with E-state index in [1.165, 1.54) is 0 Å². The van der Waals surface area contributed by atoms with Gasteiger partial charge in [0.2, 0.25) is 0 Å². The summed E-state index contributed by atoms with van der Waals surface area (Å²) in [5.41, 5.74) is 2.92. The lowest BCUT2D eigenvalue weighted by atomic mass is 10.1. The summed E-state index contributed by atoms with van der Waals surface area (Å²) in [6.45, 7) is 11.0. The van der Waals surface area contributed by atoms with E-state index in [9.17, 15) is 4.57 Å². The molecule has 2 rings (SSSR count). The van der Waals surface area contributed by atoms with Gasteiger partial charge in [-0.3, -0.25) is 4.57 Å². The molecule has 1 atom stereocenters. The Morgan fingerprint density at radius 1 is 0.852 bits per heavy atom. The Morgan fingerprint density at radius 2 is 1.37 bits per heavy atom. The molecule has 0 radical (unpaired) electrons. The molecule has 0 aliphatic heterocycles. The van der Waals surface area contributed by atoms with Gasteiger partial charge in [-0.1, -0.05) is 75.7 Å². The molecule has 2 aromatic rings. The molecule has 1 N–H and O–H groups in total. The SMILES string of the molecule is Cc1ccc([C@H](Nc2ccccc2)P(=O)(OCC(C)C)OCC(C)C)cc1. The van der Waals surface area contributed by atoms with E-state index >= 15 is 0 Å². The zero-order chi connectivity index (χ0) is 19.9. The van der Waals surface area contributed by atoms with Crippen molar-refractivity contribution in [2.24, 2.45) is 11.8 Å². The molecular formula is C22H32NO3P. The first-order valence-electron chi connectivity index (χ1n) is 9.57. The molecule has 0 heterocycles. The van der Waals surface area contributed by atoms with Gasteiger partial charge in [0.25, 0.3) is 0 Å². The molecule has 0 amide bonds. The summed E-state index contributed by atoms with van der Waals surface area (Å²) in [5.74, 6) is -0.0502. The zero-order valence-corrected chi connectivity index (χ0v) is 17.9. The molecule has 4 nitrogen and oxygen atoms in total. The number of hydrogen-bond acceptors (Lipinski definition) is 4. The first kappa shape index (κ1) is 21.7. The van der Waals surface area contributed by atoms with Gasteiger partial charge in [-0.2, -0.15) is 0 Å². The van der Waals surface area contributed by atoms with Crippen LogP contribution in [0.2, 0.25) is 0 Å². The van der Waals surface area contributed by atoms with E-state index < -0.39 is 13.4 Å². The summed E-state index contributed by atoms with van der Waals surface area (Å²) in [6.07, 6.45) is 0. The van der Waals surface area contributed by atoms with Crippen LogP contribution in [0.25, 0.3) is 0 Å². The predicted molar refractivity (Wildman–Crippen MR) is 113 cm³/mol. The molecule has 0 aromatic heterocycles. The monoisotopic (exact) mass is 389 g/mol. The molecule has 0 unspecified atom stereocenters. The van der Waals surface area contributed by atoms with Crippen molar-refractivity contribution < 1.29 is 13.6 Å². The number of aryl methyl sites for hydroxylation is 1. The average Bonchev–Trinajstić information content (AvgIpc) is 2.64. The molecule has 0 aliphatic rings. The van der Waals surface area contributed by atoms with Crippen LogP contribution in [0.1, 0.15) is 44.6 Å². The van der Waals surface area contributed by atoms with E-state index in [2.05, 4.69) is 5.32 Å². The van der Waals surface area contributed by atoms with Gasteiger partial charge in [-0.05, 0) is 36.5 Å². The van der Waals surface area contributed by atoms with Gasteiger partial charge in [0.15, 0.2) is 5.78 Å². The van der Waals surface area contributed by atoms with Crippen LogP contribution in [0.4, 0.5) is 5.69 Å². The first-order valence-corrected chi connectivity index (χ1v) is 11.2. The summed E-state index contributed by atoms with van der Waals surface area (Å²) < 4.78 is 25.8. The highest BCUT2D eigenvalue weighted by atomic mass is 31.2. The molecule has 0 saturated carbocycles. The zero-order valence-electron chi connectivity index (χ0n) is 17.0. The highest BCUT2D eigenvalue weighted by Crippen LogP contribution is 2.61. The molecule has 0 saturated heterocycles. The van der Waals surface area contributed by atoms with E-state index in [1.807, 2.05) is 89.2 Å². The van der Waals surface area contributed by atoms with Crippen LogP contribution in [0.15, 0.2) is 54.6 Å². The minimum Gasteiger partial charge on any atom is -0.368 e. The Labute approximate surface area is 163 Å². The largest absolute Gasteiger partial charge is 0.368 e. The third kappa shape index (κ3) is 6.80. The maximum absolute atomic E-state index is 13.9. The van der Waals surface area contributed by atoms with E-state index in [1.54, 1.807) is 0 Å². The number of hydrogen-bond donors (Lipinski definition) is 1. The summed E-state index contributed by atoms with van der Waals surface area (Å²) in [6, 6.07) is 17.8. The smallest absolute Gasteiger partial charge is 0.357 e. The molecule has 0 bridgehead atoms. The molecule has 148 valence electrons. The second-order valence-corrected chi connectivity index (χ2v) is 9.86. The molecule has 5 heteroatoms. The summed E-state index contributed by atoms with van der Waals surface area (Å²) in [5, 5.41) is 3.39. The van der Waals surface area contributed by atoms with Gasteiger partial charge < -0.3 is 14.4 Å². The molecule has 0 fully saturated rings. The van der Waals surface area contributed by atoms with Gasteiger partial charge >= 0.3 is 7.60 Å². The van der Waals surface area contributed by atoms with Crippen molar-refractivity contribution in [2.45, 2.75) is 40.4 Å². The van der Waals surface area contributed by atoms with Crippen molar-refractivity contribution in [1.82, 2.24) is 0 Å². The number of para-hydroxylation sites is 1. The lowest BCUT2D eigenvalue weighted by Crippen LogP contribution is -2.18. The fourth-order valence-corrected chi connectivity index (χ4v) is 4.71. The van der Waals surface area contributed by atoms with Crippen LogP contribution >= 0.6 is 7.60 Å². The van der Waals surface area contributed by atoms with Crippen LogP contribution in [0, 0.1) is 18.8 Å². The number of nitrogens with one attached hydrogen (secondary N) is 1. The van der Waals surface area contributed by atoms with Gasteiger partial charge in [0.1, 0.15) is 0 Å². The Bertz CT molecular complexity index is 713. The van der Waals surface area contributed by atoms with Crippen LogP contribution in [-0.2, 0) is 13.6 Å². The van der Waals surface area contributed by atoms with Gasteiger partial charge in [0.05, 0.1) is 13.2 Å².